The zero-order chi connectivity index (χ0) is 11.8. The van der Waals surface area contributed by atoms with Crippen LogP contribution in [0.4, 0.5) is 4.39 Å². The number of rotatable bonds is 3. The van der Waals surface area contributed by atoms with Crippen LogP contribution in [0.1, 0.15) is 43.8 Å². The molecule has 1 N–H and O–H groups in total. The van der Waals surface area contributed by atoms with Gasteiger partial charge in [-0.3, -0.25) is 4.98 Å². The van der Waals surface area contributed by atoms with E-state index in [4.69, 9.17) is 0 Å². The Morgan fingerprint density at radius 3 is 2.94 bits per heavy atom. The average molecular weight is 235 g/mol. The summed E-state index contributed by atoms with van der Waals surface area (Å²) < 4.78 is 13.5. The van der Waals surface area contributed by atoms with Crippen LogP contribution in [-0.2, 0) is 0 Å². The lowest BCUT2D eigenvalue weighted by Crippen LogP contribution is -2.15. The summed E-state index contributed by atoms with van der Waals surface area (Å²) in [4.78, 5) is 3.71. The summed E-state index contributed by atoms with van der Waals surface area (Å²) in [7, 11) is 0. The standard InChI is InChI=1S/C14H18FNO/c15-13-8-16-4-3-12(13)14(17)7-11-6-9-1-2-10(11)5-9/h3-4,8-11,14,17H,1-2,5-7H2. The SMILES string of the molecule is OC(CC1CC2CCC1C2)c1ccncc1F. The number of hydrogen-bond acceptors (Lipinski definition) is 2. The molecule has 0 spiro atoms. The van der Waals surface area contributed by atoms with Crippen LogP contribution < -0.4 is 0 Å². The van der Waals surface area contributed by atoms with Crippen LogP contribution in [0.15, 0.2) is 18.5 Å². The third-order valence-electron chi connectivity index (χ3n) is 4.57. The maximum absolute atomic E-state index is 13.5. The van der Waals surface area contributed by atoms with Gasteiger partial charge in [-0.2, -0.15) is 0 Å². The number of aliphatic hydroxyl groups excluding tert-OH is 1. The highest BCUT2D eigenvalue weighted by atomic mass is 19.1. The van der Waals surface area contributed by atoms with Gasteiger partial charge in [-0.1, -0.05) is 6.42 Å². The molecule has 3 rings (SSSR count). The van der Waals surface area contributed by atoms with Crippen molar-refractivity contribution in [1.29, 1.82) is 0 Å². The molecular weight excluding hydrogens is 217 g/mol. The predicted octanol–water partition coefficient (Wildman–Crippen LogP) is 3.08. The van der Waals surface area contributed by atoms with Gasteiger partial charge in [0.15, 0.2) is 0 Å². The maximum atomic E-state index is 13.5. The Labute approximate surface area is 101 Å². The Morgan fingerprint density at radius 2 is 2.29 bits per heavy atom. The molecule has 2 nitrogen and oxygen atoms in total. The first-order valence-electron chi connectivity index (χ1n) is 6.51. The molecule has 17 heavy (non-hydrogen) atoms. The van der Waals surface area contributed by atoms with Gasteiger partial charge in [-0.05, 0) is 49.5 Å². The second-order valence-corrected chi connectivity index (χ2v) is 5.58. The fraction of sp³-hybridized carbons (Fsp3) is 0.643. The first kappa shape index (κ1) is 11.1. The van der Waals surface area contributed by atoms with E-state index in [1.165, 1.54) is 31.9 Å². The van der Waals surface area contributed by atoms with Crippen LogP contribution in [0.25, 0.3) is 0 Å². The normalized spacial score (nSPS) is 32.9. The number of pyridine rings is 1. The summed E-state index contributed by atoms with van der Waals surface area (Å²) in [5.41, 5.74) is 0.405. The van der Waals surface area contributed by atoms with Crippen molar-refractivity contribution in [2.45, 2.75) is 38.2 Å². The van der Waals surface area contributed by atoms with E-state index in [0.717, 1.165) is 11.8 Å². The fourth-order valence-corrected chi connectivity index (χ4v) is 3.74. The lowest BCUT2D eigenvalue weighted by atomic mass is 9.83. The second-order valence-electron chi connectivity index (χ2n) is 5.58. The van der Waals surface area contributed by atoms with Crippen molar-refractivity contribution >= 4 is 0 Å². The lowest BCUT2D eigenvalue weighted by Gasteiger charge is -2.24. The van der Waals surface area contributed by atoms with Crippen LogP contribution in [0, 0.1) is 23.6 Å². The molecule has 2 fully saturated rings. The van der Waals surface area contributed by atoms with Crippen LogP contribution in [0.3, 0.4) is 0 Å². The van der Waals surface area contributed by atoms with Crippen molar-refractivity contribution in [2.24, 2.45) is 17.8 Å². The summed E-state index contributed by atoms with van der Waals surface area (Å²) in [5.74, 6) is 1.86. The first-order valence-corrected chi connectivity index (χ1v) is 6.51. The molecule has 0 aromatic carbocycles. The molecule has 92 valence electrons. The number of nitrogens with zero attached hydrogens (tertiary/aromatic N) is 1. The smallest absolute Gasteiger partial charge is 0.147 e. The van der Waals surface area contributed by atoms with Gasteiger partial charge < -0.3 is 5.11 Å². The Hall–Kier alpha value is -0.960. The summed E-state index contributed by atoms with van der Waals surface area (Å²) in [6, 6.07) is 1.59. The number of aliphatic hydroxyl groups is 1. The van der Waals surface area contributed by atoms with Gasteiger partial charge in [0.2, 0.25) is 0 Å². The third-order valence-corrected chi connectivity index (χ3v) is 4.57. The molecule has 2 bridgehead atoms. The minimum Gasteiger partial charge on any atom is -0.388 e. The minimum atomic E-state index is -0.664. The zero-order valence-corrected chi connectivity index (χ0v) is 9.85. The van der Waals surface area contributed by atoms with Crippen molar-refractivity contribution < 1.29 is 9.50 Å². The maximum Gasteiger partial charge on any atom is 0.147 e. The molecule has 0 saturated heterocycles. The highest BCUT2D eigenvalue weighted by molar-refractivity contribution is 5.15. The van der Waals surface area contributed by atoms with Gasteiger partial charge in [-0.25, -0.2) is 4.39 Å². The minimum absolute atomic E-state index is 0.386. The Kier molecular flexibility index (Phi) is 2.87. The lowest BCUT2D eigenvalue weighted by molar-refractivity contribution is 0.122. The summed E-state index contributed by atoms with van der Waals surface area (Å²) in [6.45, 7) is 0. The molecular formula is C14H18FNO. The fourth-order valence-electron chi connectivity index (χ4n) is 3.74. The molecule has 2 saturated carbocycles. The van der Waals surface area contributed by atoms with Gasteiger partial charge in [0.25, 0.3) is 0 Å². The van der Waals surface area contributed by atoms with E-state index in [1.807, 2.05) is 0 Å². The van der Waals surface area contributed by atoms with E-state index in [-0.39, 0.29) is 5.82 Å². The van der Waals surface area contributed by atoms with Crippen molar-refractivity contribution in [3.05, 3.63) is 29.8 Å². The topological polar surface area (TPSA) is 33.1 Å². The molecule has 2 aliphatic rings. The highest BCUT2D eigenvalue weighted by Crippen LogP contribution is 2.50. The average Bonchev–Trinajstić information content (AvgIpc) is 2.91. The Balaban J connectivity index is 1.68. The number of halogens is 1. The number of hydrogen-bond donors (Lipinski definition) is 1. The molecule has 1 heterocycles. The molecule has 0 radical (unpaired) electrons. The van der Waals surface area contributed by atoms with E-state index < -0.39 is 6.10 Å². The first-order chi connectivity index (χ1) is 8.24. The van der Waals surface area contributed by atoms with Crippen LogP contribution >= 0.6 is 0 Å². The number of aromatic nitrogens is 1. The van der Waals surface area contributed by atoms with E-state index in [1.54, 1.807) is 12.3 Å². The van der Waals surface area contributed by atoms with E-state index in [0.29, 0.717) is 17.9 Å². The molecule has 4 atom stereocenters. The zero-order valence-electron chi connectivity index (χ0n) is 9.85. The molecule has 1 aromatic heterocycles. The molecule has 4 unspecified atom stereocenters. The molecule has 1 aromatic rings. The van der Waals surface area contributed by atoms with Gasteiger partial charge in [0, 0.05) is 11.8 Å². The summed E-state index contributed by atoms with van der Waals surface area (Å²) in [5, 5.41) is 10.1. The molecule has 0 aliphatic heterocycles. The third kappa shape index (κ3) is 2.08. The Morgan fingerprint density at radius 1 is 1.41 bits per heavy atom. The quantitative estimate of drug-likeness (QED) is 0.873. The summed E-state index contributed by atoms with van der Waals surface area (Å²) in [6.07, 6.45) is 8.00. The van der Waals surface area contributed by atoms with Crippen molar-refractivity contribution in [1.82, 2.24) is 4.98 Å². The molecule has 2 aliphatic carbocycles. The van der Waals surface area contributed by atoms with Gasteiger partial charge >= 0.3 is 0 Å². The van der Waals surface area contributed by atoms with E-state index in [2.05, 4.69) is 4.98 Å². The molecule has 0 amide bonds. The van der Waals surface area contributed by atoms with Gasteiger partial charge in [-0.15, -0.1) is 0 Å². The monoisotopic (exact) mass is 235 g/mol. The predicted molar refractivity (Wildman–Crippen MR) is 62.7 cm³/mol. The molecule has 3 heteroatoms. The van der Waals surface area contributed by atoms with Crippen LogP contribution in [0.5, 0.6) is 0 Å². The van der Waals surface area contributed by atoms with Crippen LogP contribution in [0.2, 0.25) is 0 Å². The van der Waals surface area contributed by atoms with Crippen molar-refractivity contribution in [2.75, 3.05) is 0 Å². The van der Waals surface area contributed by atoms with Crippen LogP contribution in [-0.4, -0.2) is 10.1 Å². The van der Waals surface area contributed by atoms with E-state index >= 15 is 0 Å². The van der Waals surface area contributed by atoms with Gasteiger partial charge in [0.1, 0.15) is 5.82 Å². The summed E-state index contributed by atoms with van der Waals surface area (Å²) >= 11 is 0. The van der Waals surface area contributed by atoms with E-state index in [9.17, 15) is 9.50 Å². The second kappa shape index (κ2) is 4.37. The highest BCUT2D eigenvalue weighted by Gasteiger charge is 2.40. The van der Waals surface area contributed by atoms with Crippen molar-refractivity contribution in [3.63, 3.8) is 0 Å². The van der Waals surface area contributed by atoms with Gasteiger partial charge in [0.05, 0.1) is 12.3 Å². The number of fused-ring (bicyclic) bond motifs is 2. The van der Waals surface area contributed by atoms with Crippen molar-refractivity contribution in [3.8, 4) is 0 Å². The largest absolute Gasteiger partial charge is 0.388 e. The Bertz CT molecular complexity index is 409.